The van der Waals surface area contributed by atoms with Gasteiger partial charge in [0.15, 0.2) is 0 Å². The molecule has 0 aromatic heterocycles. The van der Waals surface area contributed by atoms with Crippen LogP contribution in [0.2, 0.25) is 0 Å². The van der Waals surface area contributed by atoms with Gasteiger partial charge < -0.3 is 5.32 Å². The lowest BCUT2D eigenvalue weighted by Crippen LogP contribution is -2.49. The van der Waals surface area contributed by atoms with E-state index < -0.39 is 5.41 Å². The van der Waals surface area contributed by atoms with Gasteiger partial charge in [0.05, 0.1) is 6.07 Å². The summed E-state index contributed by atoms with van der Waals surface area (Å²) < 4.78 is 0. The molecular formula is C16H26N2O. The van der Waals surface area contributed by atoms with Crippen LogP contribution in [0.1, 0.15) is 71.1 Å². The van der Waals surface area contributed by atoms with Crippen molar-refractivity contribution < 1.29 is 4.79 Å². The zero-order valence-corrected chi connectivity index (χ0v) is 12.1. The largest absolute Gasteiger partial charge is 0.352 e. The number of rotatable bonds is 3. The average Bonchev–Trinajstić information content (AvgIpc) is 2.48. The van der Waals surface area contributed by atoms with E-state index in [2.05, 4.69) is 18.3 Å². The molecule has 2 atom stereocenters. The highest BCUT2D eigenvalue weighted by atomic mass is 16.2. The van der Waals surface area contributed by atoms with Crippen molar-refractivity contribution in [1.82, 2.24) is 5.32 Å². The van der Waals surface area contributed by atoms with Crippen molar-refractivity contribution in [2.24, 2.45) is 11.3 Å². The van der Waals surface area contributed by atoms with Crippen LogP contribution in [-0.4, -0.2) is 11.9 Å². The van der Waals surface area contributed by atoms with E-state index in [-0.39, 0.29) is 5.91 Å². The Bertz CT molecular complexity index is 352. The quantitative estimate of drug-likeness (QED) is 0.845. The number of carbonyl (C=O) groups is 1. The van der Waals surface area contributed by atoms with Gasteiger partial charge in [0, 0.05) is 6.04 Å². The molecule has 0 bridgehead atoms. The smallest absolute Gasteiger partial charge is 0.240 e. The average molecular weight is 262 g/mol. The van der Waals surface area contributed by atoms with E-state index in [1.165, 1.54) is 19.3 Å². The van der Waals surface area contributed by atoms with Crippen LogP contribution in [0.25, 0.3) is 0 Å². The molecule has 2 saturated carbocycles. The summed E-state index contributed by atoms with van der Waals surface area (Å²) in [5, 5.41) is 12.7. The Morgan fingerprint density at radius 1 is 1.21 bits per heavy atom. The fraction of sp³-hybridized carbons (Fsp3) is 0.875. The number of carbonyl (C=O) groups excluding carboxylic acids is 1. The van der Waals surface area contributed by atoms with Crippen molar-refractivity contribution in [3.05, 3.63) is 0 Å². The first kappa shape index (κ1) is 14.4. The Morgan fingerprint density at radius 2 is 1.89 bits per heavy atom. The summed E-state index contributed by atoms with van der Waals surface area (Å²) in [5.41, 5.74) is -0.728. The normalized spacial score (nSPS) is 30.3. The maximum Gasteiger partial charge on any atom is 0.240 e. The number of hydrogen-bond acceptors (Lipinski definition) is 2. The standard InChI is InChI=1S/C16H26N2O/c1-2-13-8-4-5-9-14(13)18-15(19)16(12-17)10-6-3-7-11-16/h13-14H,2-11H2,1H3,(H,18,19). The van der Waals surface area contributed by atoms with Crippen LogP contribution in [0.5, 0.6) is 0 Å². The molecule has 106 valence electrons. The molecule has 0 heterocycles. The molecule has 2 fully saturated rings. The van der Waals surface area contributed by atoms with Gasteiger partial charge in [0.1, 0.15) is 5.41 Å². The fourth-order valence-corrected chi connectivity index (χ4v) is 3.74. The molecule has 0 aliphatic heterocycles. The fourth-order valence-electron chi connectivity index (χ4n) is 3.74. The number of nitrogens with one attached hydrogen (secondary N) is 1. The van der Waals surface area contributed by atoms with Gasteiger partial charge in [-0.1, -0.05) is 45.4 Å². The lowest BCUT2D eigenvalue weighted by molar-refractivity contribution is -0.131. The predicted octanol–water partition coefficient (Wildman–Crippen LogP) is 3.55. The first-order valence-corrected chi connectivity index (χ1v) is 7.94. The second-order valence-electron chi connectivity index (χ2n) is 6.29. The SMILES string of the molecule is CCC1CCCCC1NC(=O)C1(C#N)CCCCC1. The Morgan fingerprint density at radius 3 is 2.53 bits per heavy atom. The number of hydrogen-bond donors (Lipinski definition) is 1. The van der Waals surface area contributed by atoms with Crippen LogP contribution < -0.4 is 5.32 Å². The first-order valence-electron chi connectivity index (χ1n) is 7.94. The van der Waals surface area contributed by atoms with E-state index in [4.69, 9.17) is 0 Å². The van der Waals surface area contributed by atoms with E-state index in [1.807, 2.05) is 0 Å². The molecule has 2 aliphatic carbocycles. The third-order valence-electron chi connectivity index (χ3n) is 5.11. The Balaban J connectivity index is 2.00. The lowest BCUT2D eigenvalue weighted by atomic mass is 9.73. The summed E-state index contributed by atoms with van der Waals surface area (Å²) in [6.07, 6.45) is 10.6. The summed E-state index contributed by atoms with van der Waals surface area (Å²) in [6, 6.07) is 2.63. The molecule has 0 radical (unpaired) electrons. The summed E-state index contributed by atoms with van der Waals surface area (Å²) in [6.45, 7) is 2.20. The summed E-state index contributed by atoms with van der Waals surface area (Å²) >= 11 is 0. The van der Waals surface area contributed by atoms with Crippen LogP contribution in [0.4, 0.5) is 0 Å². The maximum absolute atomic E-state index is 12.5. The first-order chi connectivity index (χ1) is 9.22. The summed E-state index contributed by atoms with van der Waals surface area (Å²) in [4.78, 5) is 12.5. The molecule has 1 N–H and O–H groups in total. The molecule has 2 aliphatic rings. The second kappa shape index (κ2) is 6.41. The Kier molecular flexibility index (Phi) is 4.85. The van der Waals surface area contributed by atoms with Gasteiger partial charge in [-0.05, 0) is 31.6 Å². The highest BCUT2D eigenvalue weighted by Crippen LogP contribution is 2.37. The lowest BCUT2D eigenvalue weighted by Gasteiger charge is -2.36. The molecular weight excluding hydrogens is 236 g/mol. The molecule has 0 saturated heterocycles. The van der Waals surface area contributed by atoms with E-state index in [0.717, 1.165) is 44.9 Å². The zero-order chi connectivity index (χ0) is 13.7. The van der Waals surface area contributed by atoms with Crippen molar-refractivity contribution in [2.45, 2.75) is 77.2 Å². The Hall–Kier alpha value is -1.04. The molecule has 0 aromatic rings. The van der Waals surface area contributed by atoms with Gasteiger partial charge in [-0.15, -0.1) is 0 Å². The van der Waals surface area contributed by atoms with E-state index in [0.29, 0.717) is 12.0 Å². The van der Waals surface area contributed by atoms with E-state index >= 15 is 0 Å². The van der Waals surface area contributed by atoms with Gasteiger partial charge in [-0.25, -0.2) is 0 Å². The Labute approximate surface area is 116 Å². The molecule has 0 spiro atoms. The minimum absolute atomic E-state index is 0.0139. The molecule has 2 rings (SSSR count). The highest BCUT2D eigenvalue weighted by Gasteiger charge is 2.41. The molecule has 0 aromatic carbocycles. The van der Waals surface area contributed by atoms with Crippen LogP contribution in [0.3, 0.4) is 0 Å². The highest BCUT2D eigenvalue weighted by molar-refractivity contribution is 5.85. The third-order valence-corrected chi connectivity index (χ3v) is 5.11. The zero-order valence-electron chi connectivity index (χ0n) is 12.1. The minimum atomic E-state index is -0.728. The molecule has 1 amide bonds. The van der Waals surface area contributed by atoms with Crippen molar-refractivity contribution in [3.63, 3.8) is 0 Å². The van der Waals surface area contributed by atoms with Gasteiger partial charge in [-0.3, -0.25) is 4.79 Å². The van der Waals surface area contributed by atoms with Gasteiger partial charge in [-0.2, -0.15) is 5.26 Å². The number of nitrogens with zero attached hydrogens (tertiary/aromatic N) is 1. The van der Waals surface area contributed by atoms with Crippen LogP contribution >= 0.6 is 0 Å². The van der Waals surface area contributed by atoms with Gasteiger partial charge in [0.25, 0.3) is 0 Å². The number of nitriles is 1. The topological polar surface area (TPSA) is 52.9 Å². The minimum Gasteiger partial charge on any atom is -0.352 e. The molecule has 2 unspecified atom stereocenters. The van der Waals surface area contributed by atoms with Crippen LogP contribution in [0.15, 0.2) is 0 Å². The molecule has 3 nitrogen and oxygen atoms in total. The summed E-state index contributed by atoms with van der Waals surface area (Å²) in [7, 11) is 0. The summed E-state index contributed by atoms with van der Waals surface area (Å²) in [5.74, 6) is 0.622. The third kappa shape index (κ3) is 3.11. The van der Waals surface area contributed by atoms with Crippen LogP contribution in [0, 0.1) is 22.7 Å². The van der Waals surface area contributed by atoms with Crippen molar-refractivity contribution in [3.8, 4) is 6.07 Å². The molecule has 3 heteroatoms. The maximum atomic E-state index is 12.5. The van der Waals surface area contributed by atoms with Crippen molar-refractivity contribution in [1.29, 1.82) is 5.26 Å². The predicted molar refractivity (Wildman–Crippen MR) is 75.3 cm³/mol. The van der Waals surface area contributed by atoms with Crippen LogP contribution in [-0.2, 0) is 4.79 Å². The van der Waals surface area contributed by atoms with Gasteiger partial charge in [0.2, 0.25) is 5.91 Å². The number of amides is 1. The monoisotopic (exact) mass is 262 g/mol. The second-order valence-corrected chi connectivity index (χ2v) is 6.29. The van der Waals surface area contributed by atoms with Gasteiger partial charge >= 0.3 is 0 Å². The van der Waals surface area contributed by atoms with E-state index in [9.17, 15) is 10.1 Å². The van der Waals surface area contributed by atoms with E-state index in [1.54, 1.807) is 0 Å². The van der Waals surface area contributed by atoms with Crippen molar-refractivity contribution in [2.75, 3.05) is 0 Å². The molecule has 19 heavy (non-hydrogen) atoms. The van der Waals surface area contributed by atoms with Crippen molar-refractivity contribution >= 4 is 5.91 Å².